The largest absolute Gasteiger partial charge is 0.494 e. The first kappa shape index (κ1) is 28.0. The molecule has 0 radical (unpaired) electrons. The van der Waals surface area contributed by atoms with Crippen molar-refractivity contribution in [3.8, 4) is 22.8 Å². The van der Waals surface area contributed by atoms with E-state index in [9.17, 15) is 9.90 Å². The van der Waals surface area contributed by atoms with E-state index in [1.807, 2.05) is 54.6 Å². The third-order valence-electron chi connectivity index (χ3n) is 6.98. The summed E-state index contributed by atoms with van der Waals surface area (Å²) in [7, 11) is 0. The van der Waals surface area contributed by atoms with Gasteiger partial charge in [0.25, 0.3) is 0 Å². The van der Waals surface area contributed by atoms with Crippen LogP contribution in [-0.2, 0) is 24.2 Å². The average Bonchev–Trinajstić information content (AvgIpc) is 3.33. The van der Waals surface area contributed by atoms with Gasteiger partial charge < -0.3 is 19.1 Å². The number of carboxylic acids is 1. The molecule has 4 rings (SSSR count). The zero-order valence-electron chi connectivity index (χ0n) is 23.0. The van der Waals surface area contributed by atoms with Crippen LogP contribution >= 0.6 is 0 Å². The smallest absolute Gasteiger partial charge is 0.345 e. The van der Waals surface area contributed by atoms with E-state index < -0.39 is 12.1 Å². The molecule has 0 bridgehead atoms. The van der Waals surface area contributed by atoms with Crippen LogP contribution in [-0.4, -0.2) is 28.4 Å². The van der Waals surface area contributed by atoms with Gasteiger partial charge in [-0.1, -0.05) is 68.7 Å². The van der Waals surface area contributed by atoms with Gasteiger partial charge in [-0.15, -0.1) is 0 Å². The topological polar surface area (TPSA) is 60.7 Å². The fourth-order valence-corrected chi connectivity index (χ4v) is 4.71. The number of hydrogen-bond acceptors (Lipinski definition) is 3. The molecule has 0 amide bonds. The molecule has 39 heavy (non-hydrogen) atoms. The lowest BCUT2D eigenvalue weighted by Gasteiger charge is -2.16. The van der Waals surface area contributed by atoms with Gasteiger partial charge in [0.05, 0.1) is 6.61 Å². The highest BCUT2D eigenvalue weighted by atomic mass is 16.5. The zero-order chi connectivity index (χ0) is 27.5. The molecule has 0 saturated heterocycles. The summed E-state index contributed by atoms with van der Waals surface area (Å²) in [4.78, 5) is 11.8. The molecule has 204 valence electrons. The Kier molecular flexibility index (Phi) is 10.2. The predicted octanol–water partition coefficient (Wildman–Crippen LogP) is 7.74. The summed E-state index contributed by atoms with van der Waals surface area (Å²) in [5.74, 6) is 0.507. The molecule has 0 spiro atoms. The number of ether oxygens (including phenoxy) is 2. The lowest BCUT2D eigenvalue weighted by atomic mass is 10.1. The molecule has 0 aliphatic rings. The third kappa shape index (κ3) is 8.25. The Balaban J connectivity index is 1.35. The number of unbranched alkanes of at least 4 members (excludes halogenated alkanes) is 3. The van der Waals surface area contributed by atoms with Gasteiger partial charge in [0, 0.05) is 24.4 Å². The molecule has 5 heteroatoms. The molecule has 0 aliphatic heterocycles. The number of benzene rings is 3. The number of nitrogens with zero attached hydrogens (tertiary/aromatic N) is 1. The zero-order valence-corrected chi connectivity index (χ0v) is 23.0. The van der Waals surface area contributed by atoms with E-state index >= 15 is 0 Å². The molecule has 1 N–H and O–H groups in total. The molecule has 0 aliphatic carbocycles. The normalized spacial score (nSPS) is 11.7. The first-order valence-electron chi connectivity index (χ1n) is 13.9. The van der Waals surface area contributed by atoms with Gasteiger partial charge >= 0.3 is 5.97 Å². The maximum absolute atomic E-state index is 11.8. The number of aliphatic carboxylic acids is 1. The Morgan fingerprint density at radius 2 is 1.54 bits per heavy atom. The Labute approximate surface area is 232 Å². The van der Waals surface area contributed by atoms with Gasteiger partial charge in [-0.2, -0.15) is 0 Å². The third-order valence-corrected chi connectivity index (χ3v) is 6.98. The highest BCUT2D eigenvalue weighted by Crippen LogP contribution is 2.26. The number of aromatic nitrogens is 1. The summed E-state index contributed by atoms with van der Waals surface area (Å²) < 4.78 is 14.1. The fraction of sp³-hybridized carbons (Fsp3) is 0.324. The van der Waals surface area contributed by atoms with Gasteiger partial charge in [-0.3, -0.25) is 0 Å². The Morgan fingerprint density at radius 1 is 0.821 bits per heavy atom. The van der Waals surface area contributed by atoms with Crippen LogP contribution < -0.4 is 9.47 Å². The first-order valence-corrected chi connectivity index (χ1v) is 13.9. The molecule has 0 saturated carbocycles. The van der Waals surface area contributed by atoms with Gasteiger partial charge in [0.15, 0.2) is 6.10 Å². The molecular formula is C34H39NO4. The van der Waals surface area contributed by atoms with Crippen LogP contribution in [0.1, 0.15) is 49.4 Å². The summed E-state index contributed by atoms with van der Waals surface area (Å²) in [6.45, 7) is 5.98. The SMILES string of the molecule is CCCCCCOc1ccc(CCn2c(C)ccc2-c2ccc(O[C@H](Cc3ccccc3)C(=O)O)cc2)cc1. The van der Waals surface area contributed by atoms with Crippen molar-refractivity contribution in [2.45, 2.75) is 65.0 Å². The molecule has 1 atom stereocenters. The van der Waals surface area contributed by atoms with Crippen LogP contribution in [0.2, 0.25) is 0 Å². The summed E-state index contributed by atoms with van der Waals surface area (Å²) in [6.07, 6.45) is 5.11. The molecule has 3 aromatic carbocycles. The van der Waals surface area contributed by atoms with Gasteiger partial charge in [0.1, 0.15) is 11.5 Å². The van der Waals surface area contributed by atoms with Crippen LogP contribution in [0.3, 0.4) is 0 Å². The Morgan fingerprint density at radius 3 is 2.23 bits per heavy atom. The maximum Gasteiger partial charge on any atom is 0.345 e. The van der Waals surface area contributed by atoms with Crippen molar-refractivity contribution in [3.63, 3.8) is 0 Å². The van der Waals surface area contributed by atoms with E-state index in [1.54, 1.807) is 0 Å². The summed E-state index contributed by atoms with van der Waals surface area (Å²) >= 11 is 0. The van der Waals surface area contributed by atoms with Crippen LogP contribution in [0.5, 0.6) is 11.5 Å². The summed E-state index contributed by atoms with van der Waals surface area (Å²) in [5.41, 5.74) is 5.60. The number of hydrogen-bond donors (Lipinski definition) is 1. The second kappa shape index (κ2) is 14.2. The molecule has 0 unspecified atom stereocenters. The molecule has 1 heterocycles. The Hall–Kier alpha value is -3.99. The molecular weight excluding hydrogens is 486 g/mol. The van der Waals surface area contributed by atoms with E-state index in [-0.39, 0.29) is 0 Å². The fourth-order valence-electron chi connectivity index (χ4n) is 4.71. The highest BCUT2D eigenvalue weighted by molar-refractivity contribution is 5.73. The quantitative estimate of drug-likeness (QED) is 0.161. The van der Waals surface area contributed by atoms with Crippen LogP contribution in [0.25, 0.3) is 11.3 Å². The standard InChI is InChI=1S/C34H39NO4/c1-3-4-5-9-24-38-30-17-13-27(14-18-30)22-23-35-26(2)12-21-32(35)29-15-19-31(20-16-29)39-33(34(36)37)25-28-10-7-6-8-11-28/h6-8,10-21,33H,3-5,9,22-25H2,1-2H3,(H,36,37)/t33-/m1/s1. The van der Waals surface area contributed by atoms with Crippen molar-refractivity contribution in [2.24, 2.45) is 0 Å². The van der Waals surface area contributed by atoms with Gasteiger partial charge in [0.2, 0.25) is 0 Å². The molecule has 5 nitrogen and oxygen atoms in total. The van der Waals surface area contributed by atoms with E-state index in [1.165, 1.54) is 30.5 Å². The van der Waals surface area contributed by atoms with E-state index in [0.717, 1.165) is 48.6 Å². The van der Waals surface area contributed by atoms with Crippen molar-refractivity contribution in [1.29, 1.82) is 0 Å². The monoisotopic (exact) mass is 525 g/mol. The van der Waals surface area contributed by atoms with Crippen molar-refractivity contribution in [1.82, 2.24) is 4.57 Å². The van der Waals surface area contributed by atoms with E-state index in [4.69, 9.17) is 9.47 Å². The first-order chi connectivity index (χ1) is 19.0. The van der Waals surface area contributed by atoms with Crippen molar-refractivity contribution >= 4 is 5.97 Å². The number of aryl methyl sites for hydroxylation is 2. The van der Waals surface area contributed by atoms with Crippen LogP contribution in [0, 0.1) is 6.92 Å². The van der Waals surface area contributed by atoms with Crippen molar-refractivity contribution < 1.29 is 19.4 Å². The Bertz CT molecular complexity index is 1290. The van der Waals surface area contributed by atoms with Crippen LogP contribution in [0.15, 0.2) is 91.0 Å². The van der Waals surface area contributed by atoms with Crippen molar-refractivity contribution in [2.75, 3.05) is 6.61 Å². The minimum Gasteiger partial charge on any atom is -0.494 e. The second-order valence-corrected chi connectivity index (χ2v) is 9.97. The van der Waals surface area contributed by atoms with E-state index in [2.05, 4.69) is 54.8 Å². The average molecular weight is 526 g/mol. The van der Waals surface area contributed by atoms with E-state index in [0.29, 0.717) is 12.2 Å². The second-order valence-electron chi connectivity index (χ2n) is 9.97. The highest BCUT2D eigenvalue weighted by Gasteiger charge is 2.20. The predicted molar refractivity (Wildman–Crippen MR) is 157 cm³/mol. The molecule has 1 aromatic heterocycles. The minimum absolute atomic E-state index is 0.312. The van der Waals surface area contributed by atoms with Gasteiger partial charge in [-0.25, -0.2) is 4.79 Å². The van der Waals surface area contributed by atoms with Gasteiger partial charge in [-0.05, 0) is 85.0 Å². The molecule has 0 fully saturated rings. The number of carboxylic acid groups (broad SMARTS) is 1. The number of rotatable bonds is 15. The maximum atomic E-state index is 11.8. The van der Waals surface area contributed by atoms with Crippen molar-refractivity contribution in [3.05, 3.63) is 108 Å². The summed E-state index contributed by atoms with van der Waals surface area (Å²) in [5, 5.41) is 9.67. The number of carbonyl (C=O) groups is 1. The minimum atomic E-state index is -0.973. The van der Waals surface area contributed by atoms with Crippen LogP contribution in [0.4, 0.5) is 0 Å². The molecule has 4 aromatic rings. The lowest BCUT2D eigenvalue weighted by Crippen LogP contribution is -2.29. The summed E-state index contributed by atoms with van der Waals surface area (Å²) in [6, 6.07) is 30.0. The lowest BCUT2D eigenvalue weighted by molar-refractivity contribution is -0.145.